The number of urea groups is 1. The van der Waals surface area contributed by atoms with Gasteiger partial charge >= 0.3 is 6.03 Å². The van der Waals surface area contributed by atoms with E-state index in [2.05, 4.69) is 12.2 Å². The number of benzene rings is 2. The Morgan fingerprint density at radius 2 is 1.83 bits per heavy atom. The van der Waals surface area contributed by atoms with Crippen molar-refractivity contribution in [2.24, 2.45) is 0 Å². The van der Waals surface area contributed by atoms with E-state index in [-0.39, 0.29) is 17.7 Å². The van der Waals surface area contributed by atoms with Gasteiger partial charge < -0.3 is 19.7 Å². The summed E-state index contributed by atoms with van der Waals surface area (Å²) in [6.45, 7) is 9.69. The van der Waals surface area contributed by atoms with E-state index in [0.717, 1.165) is 48.6 Å². The van der Waals surface area contributed by atoms with Gasteiger partial charge in [-0.2, -0.15) is 5.10 Å². The quantitative estimate of drug-likeness (QED) is 0.452. The number of aryl methyl sites for hydroxylation is 1. The Bertz CT molecular complexity index is 1100. The largest absolute Gasteiger partial charge is 0.439 e. The smallest absolute Gasteiger partial charge is 0.318 e. The summed E-state index contributed by atoms with van der Waals surface area (Å²) in [7, 11) is 0. The maximum absolute atomic E-state index is 13.4. The molecular weight excluding hydrogens is 440 g/mol. The second kappa shape index (κ2) is 11.0. The van der Waals surface area contributed by atoms with E-state index >= 15 is 0 Å². The maximum atomic E-state index is 13.4. The van der Waals surface area contributed by atoms with Crippen molar-refractivity contribution in [1.29, 1.82) is 0 Å². The number of aromatic nitrogens is 2. The van der Waals surface area contributed by atoms with Crippen molar-refractivity contribution in [2.75, 3.05) is 13.2 Å². The third kappa shape index (κ3) is 6.42. The molecule has 1 saturated heterocycles. The molecule has 7 nitrogen and oxygen atoms in total. The van der Waals surface area contributed by atoms with Gasteiger partial charge in [0.1, 0.15) is 5.75 Å². The summed E-state index contributed by atoms with van der Waals surface area (Å²) < 4.78 is 14.2. The molecule has 0 aliphatic carbocycles. The summed E-state index contributed by atoms with van der Waals surface area (Å²) in [6.07, 6.45) is 2.73. The number of ether oxygens (including phenoxy) is 2. The Morgan fingerprint density at radius 1 is 1.14 bits per heavy atom. The van der Waals surface area contributed by atoms with Crippen molar-refractivity contribution in [2.45, 2.75) is 65.1 Å². The van der Waals surface area contributed by atoms with Crippen molar-refractivity contribution in [1.82, 2.24) is 20.0 Å². The van der Waals surface area contributed by atoms with Crippen molar-refractivity contribution >= 4 is 6.03 Å². The van der Waals surface area contributed by atoms with Gasteiger partial charge in [-0.15, -0.1) is 0 Å². The molecule has 2 heterocycles. The Balaban J connectivity index is 1.74. The average molecular weight is 477 g/mol. The van der Waals surface area contributed by atoms with Crippen LogP contribution in [0.15, 0.2) is 60.7 Å². The lowest BCUT2D eigenvalue weighted by molar-refractivity contribution is 0.0779. The number of nitrogens with one attached hydrogen (secondary N) is 1. The van der Waals surface area contributed by atoms with Crippen LogP contribution in [-0.4, -0.2) is 45.5 Å². The SMILES string of the molecule is CCc1nn(-c2ccccc2)c(Oc2ccccc2)c1CN(CC1CCCO1)C(=O)NC(C)(C)C. The predicted molar refractivity (Wildman–Crippen MR) is 137 cm³/mol. The molecule has 1 aliphatic heterocycles. The van der Waals surface area contributed by atoms with Crippen LogP contribution in [0, 0.1) is 0 Å². The first-order chi connectivity index (χ1) is 16.8. The first-order valence-corrected chi connectivity index (χ1v) is 12.4. The first-order valence-electron chi connectivity index (χ1n) is 12.4. The van der Waals surface area contributed by atoms with Crippen LogP contribution in [-0.2, 0) is 17.7 Å². The van der Waals surface area contributed by atoms with Gasteiger partial charge in [0.2, 0.25) is 5.88 Å². The van der Waals surface area contributed by atoms with Gasteiger partial charge in [-0.3, -0.25) is 0 Å². The molecule has 1 N–H and O–H groups in total. The lowest BCUT2D eigenvalue weighted by Gasteiger charge is -2.30. The molecule has 0 spiro atoms. The summed E-state index contributed by atoms with van der Waals surface area (Å²) in [4.78, 5) is 15.2. The molecule has 3 aromatic rings. The van der Waals surface area contributed by atoms with Gasteiger partial charge in [0.25, 0.3) is 0 Å². The standard InChI is InChI=1S/C28H36N4O3/c1-5-25-24(20-31(19-23-17-12-18-34-23)27(33)29-28(2,3)4)26(35-22-15-10-7-11-16-22)32(30-25)21-13-8-6-9-14-21/h6-11,13-16,23H,5,12,17-20H2,1-4H3,(H,29,33). The Hall–Kier alpha value is -3.32. The highest BCUT2D eigenvalue weighted by Gasteiger charge is 2.29. The number of para-hydroxylation sites is 2. The van der Waals surface area contributed by atoms with Gasteiger partial charge in [-0.1, -0.05) is 43.3 Å². The van der Waals surface area contributed by atoms with Crippen LogP contribution in [0.5, 0.6) is 11.6 Å². The molecule has 4 rings (SSSR count). The first kappa shape index (κ1) is 24.8. The normalized spacial score (nSPS) is 15.7. The minimum atomic E-state index is -0.350. The number of nitrogens with zero attached hydrogens (tertiary/aromatic N) is 3. The lowest BCUT2D eigenvalue weighted by Crippen LogP contribution is -2.50. The zero-order valence-electron chi connectivity index (χ0n) is 21.2. The summed E-state index contributed by atoms with van der Waals surface area (Å²) in [6, 6.07) is 19.5. The zero-order valence-corrected chi connectivity index (χ0v) is 21.2. The molecule has 2 amide bonds. The van der Waals surface area contributed by atoms with Crippen LogP contribution in [0.25, 0.3) is 5.69 Å². The molecule has 186 valence electrons. The predicted octanol–water partition coefficient (Wildman–Crippen LogP) is 5.72. The number of carbonyl (C=O) groups is 1. The van der Waals surface area contributed by atoms with E-state index in [9.17, 15) is 4.79 Å². The van der Waals surface area contributed by atoms with E-state index in [1.165, 1.54) is 0 Å². The Labute approximate surface area is 208 Å². The third-order valence-electron chi connectivity index (χ3n) is 5.88. The Kier molecular flexibility index (Phi) is 7.76. The average Bonchev–Trinajstić information content (AvgIpc) is 3.47. The van der Waals surface area contributed by atoms with E-state index in [0.29, 0.717) is 19.0 Å². The fourth-order valence-corrected chi connectivity index (χ4v) is 4.21. The Morgan fingerprint density at radius 3 is 2.43 bits per heavy atom. The molecule has 1 atom stereocenters. The van der Waals surface area contributed by atoms with Gasteiger partial charge in [-0.25, -0.2) is 9.48 Å². The highest BCUT2D eigenvalue weighted by atomic mass is 16.5. The number of hydrogen-bond acceptors (Lipinski definition) is 4. The van der Waals surface area contributed by atoms with E-state index < -0.39 is 0 Å². The molecule has 1 fully saturated rings. The molecular formula is C28H36N4O3. The minimum absolute atomic E-state index is 0.0356. The molecule has 7 heteroatoms. The lowest BCUT2D eigenvalue weighted by atomic mass is 10.1. The van der Waals surface area contributed by atoms with Gasteiger partial charge in [0.05, 0.1) is 29.6 Å². The second-order valence-corrected chi connectivity index (χ2v) is 9.94. The van der Waals surface area contributed by atoms with Gasteiger partial charge in [0, 0.05) is 18.7 Å². The van der Waals surface area contributed by atoms with Crippen LogP contribution >= 0.6 is 0 Å². The van der Waals surface area contributed by atoms with Crippen LogP contribution < -0.4 is 10.1 Å². The van der Waals surface area contributed by atoms with Crippen molar-refractivity contribution < 1.29 is 14.3 Å². The van der Waals surface area contributed by atoms with Crippen LogP contribution in [0.2, 0.25) is 0 Å². The highest BCUT2D eigenvalue weighted by Crippen LogP contribution is 2.32. The van der Waals surface area contributed by atoms with Crippen LogP contribution in [0.1, 0.15) is 51.8 Å². The van der Waals surface area contributed by atoms with Crippen molar-refractivity contribution in [3.63, 3.8) is 0 Å². The van der Waals surface area contributed by atoms with Crippen LogP contribution in [0.4, 0.5) is 4.79 Å². The molecule has 1 aliphatic rings. The molecule has 0 saturated carbocycles. The van der Waals surface area contributed by atoms with E-state index in [1.54, 1.807) is 0 Å². The zero-order chi connectivity index (χ0) is 24.8. The number of amides is 2. The summed E-state index contributed by atoms with van der Waals surface area (Å²) in [5.41, 5.74) is 2.36. The monoisotopic (exact) mass is 476 g/mol. The minimum Gasteiger partial charge on any atom is -0.439 e. The number of rotatable bonds is 8. The summed E-state index contributed by atoms with van der Waals surface area (Å²) >= 11 is 0. The molecule has 1 unspecified atom stereocenters. The van der Waals surface area contributed by atoms with Crippen LogP contribution in [0.3, 0.4) is 0 Å². The molecule has 35 heavy (non-hydrogen) atoms. The maximum Gasteiger partial charge on any atom is 0.318 e. The van der Waals surface area contributed by atoms with Gasteiger partial charge in [-0.05, 0) is 64.3 Å². The molecule has 2 aromatic carbocycles. The summed E-state index contributed by atoms with van der Waals surface area (Å²) in [5, 5.41) is 8.04. The number of hydrogen-bond donors (Lipinski definition) is 1. The van der Waals surface area contributed by atoms with Crippen molar-refractivity contribution in [3.05, 3.63) is 71.9 Å². The van der Waals surface area contributed by atoms with E-state index in [1.807, 2.05) is 91.0 Å². The van der Waals surface area contributed by atoms with Crippen molar-refractivity contribution in [3.8, 4) is 17.3 Å². The fraction of sp³-hybridized carbons (Fsp3) is 0.429. The molecule has 0 bridgehead atoms. The summed E-state index contributed by atoms with van der Waals surface area (Å²) in [5.74, 6) is 1.35. The second-order valence-electron chi connectivity index (χ2n) is 9.94. The van der Waals surface area contributed by atoms with E-state index in [4.69, 9.17) is 14.6 Å². The topological polar surface area (TPSA) is 68.6 Å². The third-order valence-corrected chi connectivity index (χ3v) is 5.88. The number of carbonyl (C=O) groups excluding carboxylic acids is 1. The molecule has 1 aromatic heterocycles. The van der Waals surface area contributed by atoms with Gasteiger partial charge in [0.15, 0.2) is 0 Å². The highest BCUT2D eigenvalue weighted by molar-refractivity contribution is 5.75. The molecule has 0 radical (unpaired) electrons. The fourth-order valence-electron chi connectivity index (χ4n) is 4.21.